The molecule has 0 aliphatic carbocycles. The number of hydrazine groups is 1. The molecule has 1 heterocycles. The molecule has 0 radical (unpaired) electrons. The minimum absolute atomic E-state index is 0.272. The van der Waals surface area contributed by atoms with Gasteiger partial charge in [0.05, 0.1) is 6.20 Å². The fourth-order valence-electron chi connectivity index (χ4n) is 0.783. The Kier molecular flexibility index (Phi) is 3.13. The first-order valence-electron chi connectivity index (χ1n) is 4.10. The number of aromatic nitrogens is 2. The van der Waals surface area contributed by atoms with Gasteiger partial charge in [0.1, 0.15) is 10.6 Å². The lowest BCUT2D eigenvalue weighted by Crippen LogP contribution is -2.24. The van der Waals surface area contributed by atoms with Gasteiger partial charge in [-0.05, 0) is 20.8 Å². The lowest BCUT2D eigenvalue weighted by atomic mass is 10.2. The van der Waals surface area contributed by atoms with Crippen LogP contribution in [0.3, 0.4) is 0 Å². The van der Waals surface area contributed by atoms with Crippen LogP contribution in [0.1, 0.15) is 20.8 Å². The second kappa shape index (κ2) is 3.98. The maximum Gasteiger partial charge on any atom is 0.240 e. The van der Waals surface area contributed by atoms with Crippen LogP contribution < -0.4 is 16.0 Å². The fourth-order valence-corrected chi connectivity index (χ4v) is 0.912. The van der Waals surface area contributed by atoms with Crippen LogP contribution in [0.2, 0.25) is 5.02 Å². The minimum atomic E-state index is -0.357. The highest BCUT2D eigenvalue weighted by atomic mass is 35.5. The van der Waals surface area contributed by atoms with Crippen molar-refractivity contribution in [2.75, 3.05) is 5.43 Å². The fraction of sp³-hybridized carbons (Fsp3) is 0.500. The van der Waals surface area contributed by atoms with Crippen LogP contribution in [0, 0.1) is 0 Å². The van der Waals surface area contributed by atoms with Crippen molar-refractivity contribution in [2.45, 2.75) is 26.4 Å². The minimum Gasteiger partial charge on any atom is -0.471 e. The Labute approximate surface area is 87.6 Å². The third kappa shape index (κ3) is 3.01. The zero-order valence-electron chi connectivity index (χ0n) is 8.34. The third-order valence-electron chi connectivity index (χ3n) is 1.24. The van der Waals surface area contributed by atoms with Gasteiger partial charge in [0.15, 0.2) is 0 Å². The standard InChI is InChI=1S/C8H13ClN4O/c1-8(2,3)14-6-5(9)4-11-7(12-6)13-10/h4H,10H2,1-3H3,(H,11,12,13). The van der Waals surface area contributed by atoms with Crippen LogP contribution in [0.4, 0.5) is 5.95 Å². The van der Waals surface area contributed by atoms with E-state index in [1.807, 2.05) is 20.8 Å². The molecule has 78 valence electrons. The van der Waals surface area contributed by atoms with E-state index in [0.717, 1.165) is 0 Å². The first-order valence-corrected chi connectivity index (χ1v) is 4.48. The summed E-state index contributed by atoms with van der Waals surface area (Å²) in [7, 11) is 0. The van der Waals surface area contributed by atoms with E-state index in [0.29, 0.717) is 10.9 Å². The Hall–Kier alpha value is -1.07. The summed E-state index contributed by atoms with van der Waals surface area (Å²) in [4.78, 5) is 7.80. The number of hydrogen-bond donors (Lipinski definition) is 2. The summed E-state index contributed by atoms with van der Waals surface area (Å²) >= 11 is 5.84. The number of anilines is 1. The number of halogens is 1. The summed E-state index contributed by atoms with van der Waals surface area (Å²) in [6.45, 7) is 5.71. The summed E-state index contributed by atoms with van der Waals surface area (Å²) in [5.41, 5.74) is 1.96. The molecule has 0 atom stereocenters. The van der Waals surface area contributed by atoms with Crippen molar-refractivity contribution in [1.29, 1.82) is 0 Å². The van der Waals surface area contributed by atoms with Gasteiger partial charge in [-0.25, -0.2) is 10.8 Å². The van der Waals surface area contributed by atoms with Gasteiger partial charge in [0, 0.05) is 0 Å². The summed E-state index contributed by atoms with van der Waals surface area (Å²) in [5, 5.41) is 0.360. The van der Waals surface area contributed by atoms with E-state index >= 15 is 0 Å². The number of ether oxygens (including phenoxy) is 1. The highest BCUT2D eigenvalue weighted by Crippen LogP contribution is 2.25. The third-order valence-corrected chi connectivity index (χ3v) is 1.50. The van der Waals surface area contributed by atoms with Crippen molar-refractivity contribution in [1.82, 2.24) is 9.97 Å². The van der Waals surface area contributed by atoms with Gasteiger partial charge in [-0.2, -0.15) is 4.98 Å². The number of nitrogens with two attached hydrogens (primary N) is 1. The van der Waals surface area contributed by atoms with Crippen molar-refractivity contribution in [3.05, 3.63) is 11.2 Å². The van der Waals surface area contributed by atoms with Crippen LogP contribution in [-0.2, 0) is 0 Å². The predicted octanol–water partition coefficient (Wildman–Crippen LogP) is 1.59. The van der Waals surface area contributed by atoms with Crippen molar-refractivity contribution in [3.8, 4) is 5.88 Å². The van der Waals surface area contributed by atoms with Gasteiger partial charge < -0.3 is 4.74 Å². The Morgan fingerprint density at radius 3 is 2.64 bits per heavy atom. The molecule has 0 saturated heterocycles. The molecule has 1 aromatic rings. The second-order valence-electron chi connectivity index (χ2n) is 3.71. The highest BCUT2D eigenvalue weighted by molar-refractivity contribution is 6.31. The van der Waals surface area contributed by atoms with Crippen LogP contribution in [-0.4, -0.2) is 15.6 Å². The molecule has 1 aromatic heterocycles. The van der Waals surface area contributed by atoms with Crippen molar-refractivity contribution < 1.29 is 4.74 Å². The monoisotopic (exact) mass is 216 g/mol. The topological polar surface area (TPSA) is 73.1 Å². The first-order chi connectivity index (χ1) is 6.42. The van der Waals surface area contributed by atoms with Gasteiger partial charge in [0.25, 0.3) is 0 Å². The second-order valence-corrected chi connectivity index (χ2v) is 4.11. The van der Waals surface area contributed by atoms with Crippen LogP contribution in [0.25, 0.3) is 0 Å². The summed E-state index contributed by atoms with van der Waals surface area (Å²) in [6, 6.07) is 0. The molecule has 0 aliphatic heterocycles. The lowest BCUT2D eigenvalue weighted by molar-refractivity contribution is 0.124. The number of nitrogens with zero attached hydrogens (tertiary/aromatic N) is 2. The smallest absolute Gasteiger partial charge is 0.240 e. The van der Waals surface area contributed by atoms with Crippen molar-refractivity contribution >= 4 is 17.5 Å². The Bertz CT molecular complexity index is 324. The molecule has 0 aliphatic rings. The highest BCUT2D eigenvalue weighted by Gasteiger charge is 2.16. The largest absolute Gasteiger partial charge is 0.471 e. The van der Waals surface area contributed by atoms with Gasteiger partial charge in [-0.1, -0.05) is 11.6 Å². The molecule has 0 amide bonds. The Balaban J connectivity index is 2.95. The molecular weight excluding hydrogens is 204 g/mol. The molecule has 0 fully saturated rings. The zero-order chi connectivity index (χ0) is 10.8. The van der Waals surface area contributed by atoms with E-state index in [2.05, 4.69) is 15.4 Å². The quantitative estimate of drug-likeness (QED) is 0.580. The van der Waals surface area contributed by atoms with E-state index < -0.39 is 0 Å². The zero-order valence-corrected chi connectivity index (χ0v) is 9.09. The molecule has 6 heteroatoms. The summed E-state index contributed by atoms with van der Waals surface area (Å²) < 4.78 is 5.50. The average molecular weight is 217 g/mol. The molecular formula is C8H13ClN4O. The van der Waals surface area contributed by atoms with Gasteiger partial charge >= 0.3 is 0 Å². The molecule has 0 bridgehead atoms. The molecule has 0 saturated carbocycles. The number of rotatable bonds is 2. The van der Waals surface area contributed by atoms with Gasteiger partial charge in [-0.15, -0.1) is 0 Å². The maximum atomic E-state index is 5.84. The maximum absolute atomic E-state index is 5.84. The van der Waals surface area contributed by atoms with Crippen molar-refractivity contribution in [2.24, 2.45) is 5.84 Å². The van der Waals surface area contributed by atoms with Crippen LogP contribution in [0.15, 0.2) is 6.20 Å². The van der Waals surface area contributed by atoms with E-state index in [1.54, 1.807) is 0 Å². The molecule has 0 spiro atoms. The van der Waals surface area contributed by atoms with E-state index in [9.17, 15) is 0 Å². The number of nitrogens with one attached hydrogen (secondary N) is 1. The predicted molar refractivity (Wildman–Crippen MR) is 55.2 cm³/mol. The van der Waals surface area contributed by atoms with E-state index in [4.69, 9.17) is 22.2 Å². The van der Waals surface area contributed by atoms with Crippen molar-refractivity contribution in [3.63, 3.8) is 0 Å². The first kappa shape index (κ1) is 11.0. The van der Waals surface area contributed by atoms with Crippen LogP contribution >= 0.6 is 11.6 Å². The number of hydrogen-bond acceptors (Lipinski definition) is 5. The molecule has 3 N–H and O–H groups in total. The molecule has 0 aromatic carbocycles. The molecule has 5 nitrogen and oxygen atoms in total. The Morgan fingerprint density at radius 1 is 1.50 bits per heavy atom. The average Bonchev–Trinajstić information content (AvgIpc) is 2.06. The van der Waals surface area contributed by atoms with E-state index in [-0.39, 0.29) is 11.5 Å². The molecule has 0 unspecified atom stereocenters. The van der Waals surface area contributed by atoms with Crippen LogP contribution in [0.5, 0.6) is 5.88 Å². The summed E-state index contributed by atoms with van der Waals surface area (Å²) in [5.74, 6) is 5.75. The normalized spacial score (nSPS) is 11.2. The molecule has 14 heavy (non-hydrogen) atoms. The van der Waals surface area contributed by atoms with E-state index in [1.165, 1.54) is 6.20 Å². The Morgan fingerprint density at radius 2 is 2.14 bits per heavy atom. The SMILES string of the molecule is CC(C)(C)Oc1nc(NN)ncc1Cl. The van der Waals surface area contributed by atoms with Gasteiger partial charge in [-0.3, -0.25) is 5.43 Å². The van der Waals surface area contributed by atoms with Gasteiger partial charge in [0.2, 0.25) is 11.8 Å². The summed E-state index contributed by atoms with van der Waals surface area (Å²) in [6.07, 6.45) is 1.44. The number of nitrogen functional groups attached to an aromatic ring is 1. The lowest BCUT2D eigenvalue weighted by Gasteiger charge is -2.20. The molecule has 1 rings (SSSR count).